The summed E-state index contributed by atoms with van der Waals surface area (Å²) in [5.74, 6) is 0. The van der Waals surface area contributed by atoms with Gasteiger partial charge >= 0.3 is 0 Å². The van der Waals surface area contributed by atoms with Crippen molar-refractivity contribution in [2.75, 3.05) is 19.8 Å². The number of nitrogens with zero attached hydrogens (tertiary/aromatic N) is 1. The fraction of sp³-hybridized carbons (Fsp3) is 1.00. The first-order valence-corrected chi connectivity index (χ1v) is 7.49. The van der Waals surface area contributed by atoms with Gasteiger partial charge in [0, 0.05) is 29.9 Å². The predicted octanol–water partition coefficient (Wildman–Crippen LogP) is 1.95. The van der Waals surface area contributed by atoms with E-state index in [1.54, 1.807) is 0 Å². The van der Waals surface area contributed by atoms with E-state index in [4.69, 9.17) is 0 Å². The minimum absolute atomic E-state index is 0.781. The lowest BCUT2D eigenvalue weighted by molar-refractivity contribution is 0.121. The van der Waals surface area contributed by atoms with Gasteiger partial charge < -0.3 is 5.32 Å². The van der Waals surface area contributed by atoms with Gasteiger partial charge in [-0.2, -0.15) is 11.8 Å². The molecule has 0 aromatic rings. The van der Waals surface area contributed by atoms with E-state index in [9.17, 15) is 0 Å². The maximum Gasteiger partial charge on any atom is 0.0144 e. The fourth-order valence-electron chi connectivity index (χ4n) is 3.18. The van der Waals surface area contributed by atoms with Gasteiger partial charge in [-0.25, -0.2) is 0 Å². The molecule has 2 aliphatic heterocycles. The summed E-state index contributed by atoms with van der Waals surface area (Å²) in [6, 6.07) is 2.52. The van der Waals surface area contributed by atoms with Gasteiger partial charge in [0.1, 0.15) is 0 Å². The van der Waals surface area contributed by atoms with Gasteiger partial charge in [-0.15, -0.1) is 0 Å². The standard InChI is InChI=1S/C12H24N2S/c1-9(15-3)8-14-11-4-5-12(14)7-10(6-11)13-2/h9-13H,4-8H2,1-3H3. The van der Waals surface area contributed by atoms with E-state index >= 15 is 0 Å². The second-order valence-electron chi connectivity index (χ2n) is 5.09. The van der Waals surface area contributed by atoms with Gasteiger partial charge in [-0.1, -0.05) is 6.92 Å². The smallest absolute Gasteiger partial charge is 0.0144 e. The first-order valence-electron chi connectivity index (χ1n) is 6.20. The number of fused-ring (bicyclic) bond motifs is 2. The molecule has 3 unspecified atom stereocenters. The van der Waals surface area contributed by atoms with E-state index < -0.39 is 0 Å². The number of piperidine rings is 1. The summed E-state index contributed by atoms with van der Waals surface area (Å²) in [7, 11) is 2.12. The van der Waals surface area contributed by atoms with E-state index in [-0.39, 0.29) is 0 Å². The maximum absolute atomic E-state index is 3.46. The van der Waals surface area contributed by atoms with Crippen molar-refractivity contribution in [1.29, 1.82) is 0 Å². The van der Waals surface area contributed by atoms with Crippen LogP contribution in [0.1, 0.15) is 32.6 Å². The van der Waals surface area contributed by atoms with Crippen LogP contribution in [0, 0.1) is 0 Å². The third-order valence-electron chi connectivity index (χ3n) is 4.16. The molecule has 3 heteroatoms. The van der Waals surface area contributed by atoms with Crippen LogP contribution in [0.15, 0.2) is 0 Å². The van der Waals surface area contributed by atoms with Crippen LogP contribution in [0.5, 0.6) is 0 Å². The topological polar surface area (TPSA) is 15.3 Å². The van der Waals surface area contributed by atoms with Crippen LogP contribution < -0.4 is 5.32 Å². The molecule has 0 aromatic heterocycles. The van der Waals surface area contributed by atoms with Crippen LogP contribution in [0.25, 0.3) is 0 Å². The summed E-state index contributed by atoms with van der Waals surface area (Å²) in [4.78, 5) is 2.79. The average molecular weight is 228 g/mol. The second-order valence-corrected chi connectivity index (χ2v) is 6.36. The molecule has 0 saturated carbocycles. The van der Waals surface area contributed by atoms with Crippen molar-refractivity contribution in [2.24, 2.45) is 0 Å². The summed E-state index contributed by atoms with van der Waals surface area (Å²) in [5, 5.41) is 4.25. The molecule has 2 nitrogen and oxygen atoms in total. The summed E-state index contributed by atoms with van der Waals surface area (Å²) < 4.78 is 0. The van der Waals surface area contributed by atoms with Crippen molar-refractivity contribution in [3.05, 3.63) is 0 Å². The summed E-state index contributed by atoms with van der Waals surface area (Å²) in [6.45, 7) is 3.65. The minimum Gasteiger partial charge on any atom is -0.317 e. The zero-order valence-electron chi connectivity index (χ0n) is 10.2. The molecule has 88 valence electrons. The highest BCUT2D eigenvalue weighted by Gasteiger charge is 2.40. The Hall–Kier alpha value is 0.270. The van der Waals surface area contributed by atoms with Crippen molar-refractivity contribution in [3.8, 4) is 0 Å². The molecule has 3 atom stereocenters. The third kappa shape index (κ3) is 2.51. The molecule has 0 amide bonds. The summed E-state index contributed by atoms with van der Waals surface area (Å²) >= 11 is 2.00. The van der Waals surface area contributed by atoms with Crippen molar-refractivity contribution in [2.45, 2.75) is 56.0 Å². The van der Waals surface area contributed by atoms with Gasteiger partial charge in [0.2, 0.25) is 0 Å². The molecule has 2 fully saturated rings. The Morgan fingerprint density at radius 3 is 2.40 bits per heavy atom. The molecule has 0 radical (unpaired) electrons. The zero-order chi connectivity index (χ0) is 10.8. The van der Waals surface area contributed by atoms with E-state index in [1.807, 2.05) is 11.8 Å². The largest absolute Gasteiger partial charge is 0.317 e. The van der Waals surface area contributed by atoms with Crippen molar-refractivity contribution >= 4 is 11.8 Å². The molecule has 0 aliphatic carbocycles. The molecule has 15 heavy (non-hydrogen) atoms. The summed E-state index contributed by atoms with van der Waals surface area (Å²) in [5.41, 5.74) is 0. The third-order valence-corrected chi connectivity index (χ3v) is 5.12. The number of hydrogen-bond acceptors (Lipinski definition) is 3. The van der Waals surface area contributed by atoms with Gasteiger partial charge in [-0.05, 0) is 39.0 Å². The highest BCUT2D eigenvalue weighted by molar-refractivity contribution is 7.99. The monoisotopic (exact) mass is 228 g/mol. The Morgan fingerprint density at radius 1 is 1.33 bits per heavy atom. The van der Waals surface area contributed by atoms with Crippen LogP contribution in [0.3, 0.4) is 0 Å². The molecular formula is C12H24N2S. The first-order chi connectivity index (χ1) is 7.24. The second kappa shape index (κ2) is 5.07. The lowest BCUT2D eigenvalue weighted by Gasteiger charge is -2.40. The highest BCUT2D eigenvalue weighted by Crippen LogP contribution is 2.36. The number of nitrogens with one attached hydrogen (secondary N) is 1. The van der Waals surface area contributed by atoms with Gasteiger partial charge in [0.15, 0.2) is 0 Å². The van der Waals surface area contributed by atoms with E-state index in [0.29, 0.717) is 0 Å². The number of thioether (sulfide) groups is 1. The lowest BCUT2D eigenvalue weighted by Crippen LogP contribution is -2.49. The SMILES string of the molecule is CNC1CC2CCC(C1)N2CC(C)SC. The van der Waals surface area contributed by atoms with Crippen LogP contribution in [-0.4, -0.2) is 48.1 Å². The molecule has 2 saturated heterocycles. The van der Waals surface area contributed by atoms with Crippen molar-refractivity contribution in [1.82, 2.24) is 10.2 Å². The van der Waals surface area contributed by atoms with Crippen LogP contribution in [-0.2, 0) is 0 Å². The van der Waals surface area contributed by atoms with Gasteiger partial charge in [0.05, 0.1) is 0 Å². The molecule has 0 spiro atoms. The molecule has 2 rings (SSSR count). The summed E-state index contributed by atoms with van der Waals surface area (Å²) in [6.07, 6.45) is 7.84. The van der Waals surface area contributed by atoms with Crippen molar-refractivity contribution < 1.29 is 0 Å². The van der Waals surface area contributed by atoms with E-state index in [2.05, 4.69) is 30.4 Å². The maximum atomic E-state index is 3.46. The quantitative estimate of drug-likeness (QED) is 0.792. The Balaban J connectivity index is 1.92. The zero-order valence-corrected chi connectivity index (χ0v) is 11.0. The highest BCUT2D eigenvalue weighted by atomic mass is 32.2. The normalized spacial score (nSPS) is 38.2. The van der Waals surface area contributed by atoms with Gasteiger partial charge in [-0.3, -0.25) is 4.90 Å². The molecule has 2 aliphatic rings. The Morgan fingerprint density at radius 2 is 1.93 bits per heavy atom. The van der Waals surface area contributed by atoms with E-state index in [1.165, 1.54) is 32.2 Å². The lowest BCUT2D eigenvalue weighted by atomic mass is 9.97. The predicted molar refractivity (Wildman–Crippen MR) is 68.6 cm³/mol. The Kier molecular flexibility index (Phi) is 3.97. The first kappa shape index (κ1) is 11.7. The van der Waals surface area contributed by atoms with Crippen LogP contribution in [0.4, 0.5) is 0 Å². The molecule has 0 aromatic carbocycles. The molecule has 2 bridgehead atoms. The number of hydrogen-bond donors (Lipinski definition) is 1. The fourth-order valence-corrected chi connectivity index (χ4v) is 3.50. The average Bonchev–Trinajstić information content (AvgIpc) is 2.51. The minimum atomic E-state index is 0.781. The van der Waals surface area contributed by atoms with E-state index in [0.717, 1.165) is 23.4 Å². The van der Waals surface area contributed by atoms with Crippen molar-refractivity contribution in [3.63, 3.8) is 0 Å². The van der Waals surface area contributed by atoms with Crippen LogP contribution >= 0.6 is 11.8 Å². The Labute approximate surface area is 98.2 Å². The molecule has 1 N–H and O–H groups in total. The molecule has 2 heterocycles. The molecular weight excluding hydrogens is 204 g/mol. The Bertz CT molecular complexity index is 196. The number of rotatable bonds is 4. The van der Waals surface area contributed by atoms with Gasteiger partial charge in [0.25, 0.3) is 0 Å². The van der Waals surface area contributed by atoms with Crippen LogP contribution in [0.2, 0.25) is 0 Å².